The Morgan fingerprint density at radius 2 is 1.82 bits per heavy atom. The number of aryl methyl sites for hydroxylation is 2. The highest BCUT2D eigenvalue weighted by atomic mass is 32.1. The molecule has 4 nitrogen and oxygen atoms in total. The van der Waals surface area contributed by atoms with Crippen LogP contribution in [0.2, 0.25) is 0 Å². The second kappa shape index (κ2) is 6.07. The minimum absolute atomic E-state index is 0.243. The third-order valence-corrected chi connectivity index (χ3v) is 4.06. The molecule has 3 aromatic rings. The van der Waals surface area contributed by atoms with E-state index in [0.717, 1.165) is 16.3 Å². The number of hydrogen-bond acceptors (Lipinski definition) is 4. The molecule has 110 valence electrons. The summed E-state index contributed by atoms with van der Waals surface area (Å²) in [6.45, 7) is 3.92. The lowest BCUT2D eigenvalue weighted by molar-refractivity contribution is 0.102. The van der Waals surface area contributed by atoms with Gasteiger partial charge in [-0.1, -0.05) is 35.9 Å². The Kier molecular flexibility index (Phi) is 3.98. The van der Waals surface area contributed by atoms with E-state index in [-0.39, 0.29) is 5.91 Å². The summed E-state index contributed by atoms with van der Waals surface area (Å²) < 4.78 is 0. The summed E-state index contributed by atoms with van der Waals surface area (Å²) in [6, 6.07) is 13.6. The predicted molar refractivity (Wildman–Crippen MR) is 89.2 cm³/mol. The molecule has 0 unspecified atom stereocenters. The van der Waals surface area contributed by atoms with E-state index in [0.29, 0.717) is 11.5 Å². The summed E-state index contributed by atoms with van der Waals surface area (Å²) >= 11 is 1.46. The van der Waals surface area contributed by atoms with Crippen LogP contribution in [0.5, 0.6) is 0 Å². The summed E-state index contributed by atoms with van der Waals surface area (Å²) in [5.41, 5.74) is 3.48. The Balaban J connectivity index is 1.78. The third kappa shape index (κ3) is 3.20. The van der Waals surface area contributed by atoms with E-state index < -0.39 is 0 Å². The van der Waals surface area contributed by atoms with E-state index in [4.69, 9.17) is 0 Å². The lowest BCUT2D eigenvalue weighted by Crippen LogP contribution is -2.13. The van der Waals surface area contributed by atoms with Crippen LogP contribution in [0.4, 0.5) is 5.82 Å². The van der Waals surface area contributed by atoms with Crippen molar-refractivity contribution in [1.82, 2.24) is 9.97 Å². The van der Waals surface area contributed by atoms with Gasteiger partial charge in [-0.15, -0.1) is 11.3 Å². The molecule has 1 amide bonds. The van der Waals surface area contributed by atoms with Crippen LogP contribution in [0, 0.1) is 13.8 Å². The molecule has 0 spiro atoms. The maximum Gasteiger partial charge on any atom is 0.276 e. The largest absolute Gasteiger partial charge is 0.305 e. The van der Waals surface area contributed by atoms with Gasteiger partial charge in [0.2, 0.25) is 0 Å². The zero-order valence-corrected chi connectivity index (χ0v) is 13.1. The van der Waals surface area contributed by atoms with Crippen LogP contribution in [0.25, 0.3) is 10.6 Å². The van der Waals surface area contributed by atoms with Gasteiger partial charge in [0.25, 0.3) is 5.91 Å². The van der Waals surface area contributed by atoms with Crippen molar-refractivity contribution in [2.75, 3.05) is 5.32 Å². The highest BCUT2D eigenvalue weighted by Crippen LogP contribution is 2.24. The van der Waals surface area contributed by atoms with E-state index >= 15 is 0 Å². The van der Waals surface area contributed by atoms with Crippen molar-refractivity contribution in [3.8, 4) is 10.6 Å². The zero-order chi connectivity index (χ0) is 15.5. The smallest absolute Gasteiger partial charge is 0.276 e. The summed E-state index contributed by atoms with van der Waals surface area (Å²) in [6.07, 6.45) is 0. The highest BCUT2D eigenvalue weighted by Gasteiger charge is 2.12. The lowest BCUT2D eigenvalue weighted by Gasteiger charge is -2.02. The van der Waals surface area contributed by atoms with Gasteiger partial charge in [0.15, 0.2) is 0 Å². The van der Waals surface area contributed by atoms with Crippen LogP contribution in [0.1, 0.15) is 21.7 Å². The van der Waals surface area contributed by atoms with Crippen molar-refractivity contribution in [2.24, 2.45) is 0 Å². The molecule has 0 bridgehead atoms. The first-order valence-electron chi connectivity index (χ1n) is 6.89. The molecule has 1 aromatic carbocycles. The molecule has 0 aliphatic heterocycles. The zero-order valence-electron chi connectivity index (χ0n) is 12.3. The fourth-order valence-electron chi connectivity index (χ4n) is 2.00. The van der Waals surface area contributed by atoms with Crippen molar-refractivity contribution in [2.45, 2.75) is 13.8 Å². The molecule has 0 radical (unpaired) electrons. The fraction of sp³-hybridized carbons (Fsp3) is 0.118. The Bertz CT molecular complexity index is 809. The van der Waals surface area contributed by atoms with Crippen molar-refractivity contribution in [3.05, 3.63) is 64.8 Å². The molecule has 5 heteroatoms. The number of rotatable bonds is 3. The van der Waals surface area contributed by atoms with Crippen LogP contribution in [0.3, 0.4) is 0 Å². The van der Waals surface area contributed by atoms with Gasteiger partial charge in [-0.2, -0.15) is 0 Å². The summed E-state index contributed by atoms with van der Waals surface area (Å²) in [4.78, 5) is 20.9. The maximum atomic E-state index is 12.2. The van der Waals surface area contributed by atoms with Gasteiger partial charge in [-0.05, 0) is 26.0 Å². The van der Waals surface area contributed by atoms with Crippen LogP contribution < -0.4 is 5.32 Å². The second-order valence-corrected chi connectivity index (χ2v) is 5.88. The van der Waals surface area contributed by atoms with Crippen molar-refractivity contribution in [1.29, 1.82) is 0 Å². The van der Waals surface area contributed by atoms with Gasteiger partial charge in [0.05, 0.1) is 0 Å². The number of thiazole rings is 1. The molecule has 0 saturated heterocycles. The Labute approximate surface area is 132 Å². The number of hydrogen-bond donors (Lipinski definition) is 1. The number of carbonyl (C=O) groups excluding carboxylic acids is 1. The number of carbonyl (C=O) groups is 1. The number of benzene rings is 1. The fourth-order valence-corrected chi connectivity index (χ4v) is 2.81. The molecule has 0 aliphatic carbocycles. The topological polar surface area (TPSA) is 54.9 Å². The molecule has 0 aliphatic rings. The number of nitrogens with zero attached hydrogens (tertiary/aromatic N) is 2. The first kappa shape index (κ1) is 14.4. The highest BCUT2D eigenvalue weighted by molar-refractivity contribution is 7.13. The predicted octanol–water partition coefficient (Wildman–Crippen LogP) is 4.07. The van der Waals surface area contributed by atoms with E-state index in [1.54, 1.807) is 11.4 Å². The van der Waals surface area contributed by atoms with Gasteiger partial charge >= 0.3 is 0 Å². The van der Waals surface area contributed by atoms with E-state index in [2.05, 4.69) is 15.3 Å². The minimum Gasteiger partial charge on any atom is -0.305 e. The van der Waals surface area contributed by atoms with Crippen LogP contribution >= 0.6 is 11.3 Å². The van der Waals surface area contributed by atoms with Gasteiger partial charge in [-0.3, -0.25) is 4.79 Å². The number of amides is 1. The van der Waals surface area contributed by atoms with Gasteiger partial charge in [-0.25, -0.2) is 9.97 Å². The van der Waals surface area contributed by atoms with Crippen molar-refractivity contribution in [3.63, 3.8) is 0 Å². The first-order valence-corrected chi connectivity index (χ1v) is 7.77. The second-order valence-electron chi connectivity index (χ2n) is 5.02. The average molecular weight is 309 g/mol. The van der Waals surface area contributed by atoms with Crippen molar-refractivity contribution < 1.29 is 4.79 Å². The molecular weight excluding hydrogens is 294 g/mol. The normalized spacial score (nSPS) is 10.5. The molecule has 2 aromatic heterocycles. The Morgan fingerprint density at radius 3 is 2.55 bits per heavy atom. The molecule has 0 fully saturated rings. The molecule has 0 saturated carbocycles. The first-order chi connectivity index (χ1) is 10.6. The Morgan fingerprint density at radius 1 is 1.05 bits per heavy atom. The monoisotopic (exact) mass is 309 g/mol. The maximum absolute atomic E-state index is 12.2. The molecule has 2 heterocycles. The lowest BCUT2D eigenvalue weighted by atomic mass is 10.2. The summed E-state index contributed by atoms with van der Waals surface area (Å²) in [5.74, 6) is 0.294. The van der Waals surface area contributed by atoms with E-state index in [1.165, 1.54) is 16.9 Å². The van der Waals surface area contributed by atoms with E-state index in [9.17, 15) is 4.79 Å². The molecule has 3 rings (SSSR count). The van der Waals surface area contributed by atoms with Crippen LogP contribution in [-0.2, 0) is 0 Å². The minimum atomic E-state index is -0.243. The summed E-state index contributed by atoms with van der Waals surface area (Å²) in [5, 5.41) is 5.37. The Hall–Kier alpha value is -2.53. The van der Waals surface area contributed by atoms with Gasteiger partial charge in [0.1, 0.15) is 16.5 Å². The molecule has 22 heavy (non-hydrogen) atoms. The average Bonchev–Trinajstić information content (AvgIpc) is 2.98. The standard InChI is InChI=1S/C17H15N3OS/c1-11-6-8-13(9-7-11)17-19-14(10-22-17)16(21)20-15-5-3-4-12(2)18-15/h3-10H,1-2H3,(H,18,20,21). The molecular formula is C17H15N3OS. The quantitative estimate of drug-likeness (QED) is 0.793. The number of nitrogens with one attached hydrogen (secondary N) is 1. The SMILES string of the molecule is Cc1ccc(-c2nc(C(=O)Nc3cccc(C)n3)cs2)cc1. The number of anilines is 1. The molecule has 0 atom stereocenters. The van der Waals surface area contributed by atoms with E-state index in [1.807, 2.05) is 50.2 Å². The van der Waals surface area contributed by atoms with Gasteiger partial charge < -0.3 is 5.32 Å². The summed E-state index contributed by atoms with van der Waals surface area (Å²) in [7, 11) is 0. The van der Waals surface area contributed by atoms with Crippen LogP contribution in [0.15, 0.2) is 47.8 Å². The number of aromatic nitrogens is 2. The number of pyridine rings is 1. The van der Waals surface area contributed by atoms with Gasteiger partial charge in [0, 0.05) is 16.6 Å². The third-order valence-electron chi connectivity index (χ3n) is 3.17. The van der Waals surface area contributed by atoms with Crippen LogP contribution in [-0.4, -0.2) is 15.9 Å². The van der Waals surface area contributed by atoms with Crippen molar-refractivity contribution >= 4 is 23.1 Å². The molecule has 1 N–H and O–H groups in total.